The molecule has 1 nitrogen and oxygen atoms in total. The van der Waals surface area contributed by atoms with Crippen molar-refractivity contribution in [3.63, 3.8) is 0 Å². The van der Waals surface area contributed by atoms with Gasteiger partial charge in [0.1, 0.15) is 0 Å². The third-order valence-corrected chi connectivity index (χ3v) is 5.86. The first-order valence-corrected chi connectivity index (χ1v) is 15.0. The van der Waals surface area contributed by atoms with Crippen LogP contribution in [0.2, 0.25) is 14.8 Å². The van der Waals surface area contributed by atoms with Crippen molar-refractivity contribution >= 4 is 18.4 Å². The van der Waals surface area contributed by atoms with Crippen LogP contribution in [0.15, 0.2) is 18.5 Å². The van der Waals surface area contributed by atoms with Gasteiger partial charge in [0.05, 0.1) is 0 Å². The fourth-order valence-corrected chi connectivity index (χ4v) is 5.37. The second-order valence-electron chi connectivity index (χ2n) is 4.61. The van der Waals surface area contributed by atoms with E-state index >= 15 is 0 Å². The quantitative estimate of drug-likeness (QED) is 0.753. The van der Waals surface area contributed by atoms with E-state index in [1.807, 2.05) is 12.4 Å². The van der Waals surface area contributed by atoms with Gasteiger partial charge in [-0.05, 0) is 0 Å². The van der Waals surface area contributed by atoms with Crippen LogP contribution in [0.25, 0.3) is 0 Å². The molecule has 0 spiro atoms. The Bertz CT molecular complexity index is 263. The summed E-state index contributed by atoms with van der Waals surface area (Å²) in [6.07, 6.45) is 3.93. The molecule has 1 aromatic rings. The minimum absolute atomic E-state index is 1.28. The predicted molar refractivity (Wildman–Crippen MR) is 56.0 cm³/mol. The Kier molecular flexibility index (Phi) is 3.15. The molecule has 0 fully saturated rings. The molecule has 0 aliphatic carbocycles. The van der Waals surface area contributed by atoms with E-state index in [4.69, 9.17) is 0 Å². The van der Waals surface area contributed by atoms with Crippen LogP contribution in [0.4, 0.5) is 0 Å². The molecular weight excluding hydrogens is 253 g/mol. The summed E-state index contributed by atoms with van der Waals surface area (Å²) >= 11 is -1.64. The maximum absolute atomic E-state index is 4.20. The first kappa shape index (κ1) is 10.0. The van der Waals surface area contributed by atoms with Crippen molar-refractivity contribution in [3.05, 3.63) is 29.6 Å². The van der Waals surface area contributed by atoms with E-state index in [2.05, 4.69) is 32.8 Å². The summed E-state index contributed by atoms with van der Waals surface area (Å²) in [5.41, 5.74) is 2.71. The average molecular weight is 270 g/mol. The Morgan fingerprint density at radius 1 is 1.25 bits per heavy atom. The normalized spacial score (nSPS) is 11.7. The zero-order chi connectivity index (χ0) is 9.19. The fourth-order valence-electron chi connectivity index (χ4n) is 1.33. The molecule has 12 heavy (non-hydrogen) atoms. The second kappa shape index (κ2) is 3.77. The monoisotopic (exact) mass is 271 g/mol. The average Bonchev–Trinajstić information content (AvgIpc) is 1.82. The molecule has 1 rings (SSSR count). The van der Waals surface area contributed by atoms with Crippen LogP contribution in [0.1, 0.15) is 11.1 Å². The van der Waals surface area contributed by atoms with Gasteiger partial charge in [-0.25, -0.2) is 0 Å². The third-order valence-electron chi connectivity index (χ3n) is 1.67. The molecule has 0 saturated heterocycles. The van der Waals surface area contributed by atoms with Gasteiger partial charge in [-0.15, -0.1) is 0 Å². The van der Waals surface area contributed by atoms with E-state index in [9.17, 15) is 0 Å². The summed E-state index contributed by atoms with van der Waals surface area (Å²) in [4.78, 5) is 11.6. The Morgan fingerprint density at radius 3 is 2.42 bits per heavy atom. The summed E-state index contributed by atoms with van der Waals surface area (Å²) in [5, 5.41) is 0. The first-order chi connectivity index (χ1) is 5.47. The Balaban J connectivity index is 2.77. The molecule has 0 N–H and O–H groups in total. The zero-order valence-corrected chi connectivity index (χ0v) is 11.2. The van der Waals surface area contributed by atoms with Gasteiger partial charge in [-0.2, -0.15) is 0 Å². The Hall–Kier alpha value is -0.0513. The molecule has 0 saturated carbocycles. The SMILES string of the molecule is Cc1cncc([CH2][Sn]([CH3])([CH3])[CH3])c1. The molecule has 0 aromatic carbocycles. The van der Waals surface area contributed by atoms with Crippen molar-refractivity contribution in [1.82, 2.24) is 4.98 Å². The molecule has 0 bridgehead atoms. The van der Waals surface area contributed by atoms with Crippen molar-refractivity contribution < 1.29 is 0 Å². The second-order valence-corrected chi connectivity index (χ2v) is 20.2. The van der Waals surface area contributed by atoms with Gasteiger partial charge in [-0.1, -0.05) is 0 Å². The summed E-state index contributed by atoms with van der Waals surface area (Å²) in [5.74, 6) is 0. The van der Waals surface area contributed by atoms with Gasteiger partial charge in [0.2, 0.25) is 0 Å². The molecule has 0 amide bonds. The van der Waals surface area contributed by atoms with Crippen LogP contribution in [-0.4, -0.2) is 23.4 Å². The van der Waals surface area contributed by atoms with E-state index in [0.29, 0.717) is 0 Å². The minimum atomic E-state index is -1.64. The van der Waals surface area contributed by atoms with Crippen LogP contribution < -0.4 is 0 Å². The van der Waals surface area contributed by atoms with Crippen LogP contribution in [0.5, 0.6) is 0 Å². The topological polar surface area (TPSA) is 12.9 Å². The van der Waals surface area contributed by atoms with Gasteiger partial charge >= 0.3 is 79.1 Å². The molecular formula is C10H17NSn. The van der Waals surface area contributed by atoms with Gasteiger partial charge in [0.25, 0.3) is 0 Å². The number of rotatable bonds is 2. The summed E-state index contributed by atoms with van der Waals surface area (Å²) < 4.78 is 1.31. The Morgan fingerprint density at radius 2 is 1.92 bits per heavy atom. The van der Waals surface area contributed by atoms with E-state index in [1.165, 1.54) is 15.6 Å². The van der Waals surface area contributed by atoms with Crippen LogP contribution >= 0.6 is 0 Å². The maximum atomic E-state index is 4.20. The van der Waals surface area contributed by atoms with Crippen molar-refractivity contribution in [2.75, 3.05) is 0 Å². The molecule has 0 aliphatic heterocycles. The number of aromatic nitrogens is 1. The van der Waals surface area contributed by atoms with E-state index in [0.717, 1.165) is 0 Å². The standard InChI is InChI=1S/C7H8N.3CH3.Sn/c1-6-3-7(2)5-8-4-6;;;;/h3-5H,1H2,2H3;3*1H3;. The Labute approximate surface area is 79.1 Å². The molecule has 0 unspecified atom stereocenters. The van der Waals surface area contributed by atoms with Crippen LogP contribution in [0.3, 0.4) is 0 Å². The summed E-state index contributed by atoms with van der Waals surface area (Å²) in [6.45, 7) is 2.11. The van der Waals surface area contributed by atoms with Crippen molar-refractivity contribution in [2.45, 2.75) is 26.2 Å². The number of hydrogen-bond donors (Lipinski definition) is 0. The number of nitrogens with zero attached hydrogens (tertiary/aromatic N) is 1. The van der Waals surface area contributed by atoms with Crippen molar-refractivity contribution in [3.8, 4) is 0 Å². The zero-order valence-electron chi connectivity index (χ0n) is 8.39. The fraction of sp³-hybridized carbons (Fsp3) is 0.500. The van der Waals surface area contributed by atoms with E-state index in [1.54, 1.807) is 0 Å². The molecule has 0 aliphatic rings. The predicted octanol–water partition coefficient (Wildman–Crippen LogP) is 2.81. The van der Waals surface area contributed by atoms with Gasteiger partial charge in [-0.3, -0.25) is 0 Å². The summed E-state index contributed by atoms with van der Waals surface area (Å²) in [6, 6.07) is 2.26. The number of aryl methyl sites for hydroxylation is 1. The van der Waals surface area contributed by atoms with E-state index < -0.39 is 18.4 Å². The van der Waals surface area contributed by atoms with Crippen molar-refractivity contribution in [1.29, 1.82) is 0 Å². The van der Waals surface area contributed by atoms with Crippen molar-refractivity contribution in [2.24, 2.45) is 0 Å². The van der Waals surface area contributed by atoms with Gasteiger partial charge in [0, 0.05) is 0 Å². The number of pyridine rings is 1. The van der Waals surface area contributed by atoms with Crippen LogP contribution in [0, 0.1) is 6.92 Å². The molecule has 1 aromatic heterocycles. The molecule has 0 radical (unpaired) electrons. The summed E-state index contributed by atoms with van der Waals surface area (Å²) in [7, 11) is 0. The van der Waals surface area contributed by atoms with Gasteiger partial charge < -0.3 is 0 Å². The first-order valence-electron chi connectivity index (χ1n) is 4.38. The van der Waals surface area contributed by atoms with Crippen LogP contribution in [-0.2, 0) is 4.44 Å². The molecule has 2 heteroatoms. The third kappa shape index (κ3) is 3.57. The van der Waals surface area contributed by atoms with Gasteiger partial charge in [0.15, 0.2) is 0 Å². The van der Waals surface area contributed by atoms with E-state index in [-0.39, 0.29) is 0 Å². The molecule has 0 atom stereocenters. The molecule has 66 valence electrons. The molecule has 1 heterocycles. The number of hydrogen-bond acceptors (Lipinski definition) is 1.